The van der Waals surface area contributed by atoms with Gasteiger partial charge in [0, 0.05) is 5.56 Å². The average molecular weight is 502 g/mol. The Kier molecular flexibility index (Phi) is 9.41. The van der Waals surface area contributed by atoms with Crippen LogP contribution in [0.25, 0.3) is 12.2 Å². The van der Waals surface area contributed by atoms with Crippen molar-refractivity contribution in [1.29, 1.82) is 0 Å². The van der Waals surface area contributed by atoms with Crippen molar-refractivity contribution in [1.82, 2.24) is 5.32 Å². The highest BCUT2D eigenvalue weighted by Gasteiger charge is 2.11. The average Bonchev–Trinajstić information content (AvgIpc) is 2.95. The van der Waals surface area contributed by atoms with Crippen LogP contribution in [0.4, 0.5) is 0 Å². The molecule has 0 saturated carbocycles. The molecule has 0 aliphatic carbocycles. The molecule has 1 amide bonds. The molecule has 0 saturated heterocycles. The van der Waals surface area contributed by atoms with Gasteiger partial charge in [-0.2, -0.15) is 0 Å². The highest BCUT2D eigenvalue weighted by atomic mass is 16.5. The van der Waals surface area contributed by atoms with E-state index in [9.17, 15) is 9.59 Å². The first-order chi connectivity index (χ1) is 18.6. The molecule has 0 aliphatic heterocycles. The monoisotopic (exact) mass is 501 g/mol. The van der Waals surface area contributed by atoms with Crippen LogP contribution in [-0.2, 0) is 11.2 Å². The molecule has 0 aliphatic rings. The summed E-state index contributed by atoms with van der Waals surface area (Å²) in [6, 6.07) is 34.6. The standard InChI is InChI=1S/C34H31NO3/c1-26(30-16-6-3-7-17-30)35-34(37)25-29-14-8-18-31(23-29)33(36)21-20-28-13-9-19-32(24-28)38-22-10-15-27-11-4-2-5-12-27/h2-21,23-24,26H,22,25H2,1H3,(H,35,37). The number of carbonyl (C=O) groups is 2. The van der Waals surface area contributed by atoms with E-state index in [2.05, 4.69) is 5.32 Å². The molecule has 0 bridgehead atoms. The summed E-state index contributed by atoms with van der Waals surface area (Å²) in [6.45, 7) is 2.41. The van der Waals surface area contributed by atoms with Gasteiger partial charge < -0.3 is 10.1 Å². The molecule has 4 nitrogen and oxygen atoms in total. The van der Waals surface area contributed by atoms with Gasteiger partial charge in [0.1, 0.15) is 12.4 Å². The van der Waals surface area contributed by atoms with Gasteiger partial charge in [-0.3, -0.25) is 9.59 Å². The van der Waals surface area contributed by atoms with Crippen LogP contribution in [0.3, 0.4) is 0 Å². The fourth-order valence-electron chi connectivity index (χ4n) is 4.01. The smallest absolute Gasteiger partial charge is 0.224 e. The van der Waals surface area contributed by atoms with Crippen LogP contribution >= 0.6 is 0 Å². The van der Waals surface area contributed by atoms with Crippen LogP contribution in [0.5, 0.6) is 5.75 Å². The van der Waals surface area contributed by atoms with E-state index in [1.54, 1.807) is 24.3 Å². The van der Waals surface area contributed by atoms with Gasteiger partial charge in [0.05, 0.1) is 12.5 Å². The third-order valence-corrected chi connectivity index (χ3v) is 5.99. The van der Waals surface area contributed by atoms with Crippen molar-refractivity contribution in [3.8, 4) is 5.75 Å². The number of ketones is 1. The molecular formula is C34H31NO3. The second-order valence-corrected chi connectivity index (χ2v) is 8.97. The van der Waals surface area contributed by atoms with Crippen molar-refractivity contribution >= 4 is 23.8 Å². The van der Waals surface area contributed by atoms with Crippen molar-refractivity contribution in [2.45, 2.75) is 19.4 Å². The largest absolute Gasteiger partial charge is 0.490 e. The third-order valence-electron chi connectivity index (χ3n) is 5.99. The third kappa shape index (κ3) is 8.17. The minimum atomic E-state index is -0.123. The Morgan fingerprint density at radius 1 is 0.789 bits per heavy atom. The van der Waals surface area contributed by atoms with Crippen LogP contribution in [0, 0.1) is 0 Å². The molecule has 4 heteroatoms. The normalized spacial score (nSPS) is 11.9. The van der Waals surface area contributed by atoms with Crippen LogP contribution in [0.15, 0.2) is 121 Å². The van der Waals surface area contributed by atoms with Crippen molar-refractivity contribution in [2.24, 2.45) is 0 Å². The molecule has 1 N–H and O–H groups in total. The minimum Gasteiger partial charge on any atom is -0.490 e. The van der Waals surface area contributed by atoms with Crippen molar-refractivity contribution in [3.63, 3.8) is 0 Å². The summed E-state index contributed by atoms with van der Waals surface area (Å²) in [5.74, 6) is 0.522. The number of rotatable bonds is 11. The van der Waals surface area contributed by atoms with E-state index in [4.69, 9.17) is 4.74 Å². The van der Waals surface area contributed by atoms with E-state index in [-0.39, 0.29) is 24.2 Å². The number of hydrogen-bond acceptors (Lipinski definition) is 3. The molecule has 4 aromatic carbocycles. The highest BCUT2D eigenvalue weighted by Crippen LogP contribution is 2.16. The van der Waals surface area contributed by atoms with Crippen molar-refractivity contribution in [2.75, 3.05) is 6.61 Å². The zero-order valence-corrected chi connectivity index (χ0v) is 21.4. The maximum atomic E-state index is 12.8. The van der Waals surface area contributed by atoms with Gasteiger partial charge in [-0.1, -0.05) is 103 Å². The summed E-state index contributed by atoms with van der Waals surface area (Å²) in [4.78, 5) is 25.4. The predicted molar refractivity (Wildman–Crippen MR) is 154 cm³/mol. The van der Waals surface area contributed by atoms with Gasteiger partial charge in [0.25, 0.3) is 0 Å². The maximum Gasteiger partial charge on any atom is 0.224 e. The topological polar surface area (TPSA) is 55.4 Å². The molecule has 0 aromatic heterocycles. The van der Waals surface area contributed by atoms with Crippen LogP contribution < -0.4 is 10.1 Å². The van der Waals surface area contributed by atoms with Crippen molar-refractivity contribution in [3.05, 3.63) is 149 Å². The van der Waals surface area contributed by atoms with E-state index in [0.29, 0.717) is 12.2 Å². The van der Waals surface area contributed by atoms with E-state index >= 15 is 0 Å². The molecule has 0 fully saturated rings. The van der Waals surface area contributed by atoms with Gasteiger partial charge in [0.2, 0.25) is 5.91 Å². The maximum absolute atomic E-state index is 12.8. The predicted octanol–water partition coefficient (Wildman–Crippen LogP) is 7.09. The van der Waals surface area contributed by atoms with Gasteiger partial charge in [-0.05, 0) is 59.5 Å². The van der Waals surface area contributed by atoms with Gasteiger partial charge in [-0.25, -0.2) is 0 Å². The van der Waals surface area contributed by atoms with Crippen molar-refractivity contribution < 1.29 is 14.3 Å². The quantitative estimate of drug-likeness (QED) is 0.176. The Morgan fingerprint density at radius 2 is 1.50 bits per heavy atom. The molecule has 1 unspecified atom stereocenters. The fourth-order valence-corrected chi connectivity index (χ4v) is 4.01. The number of amides is 1. The second-order valence-electron chi connectivity index (χ2n) is 8.97. The summed E-state index contributed by atoms with van der Waals surface area (Å²) in [6.07, 6.45) is 7.52. The van der Waals surface area contributed by atoms with E-state index in [1.165, 1.54) is 0 Å². The Labute approximate surface area is 224 Å². The number of benzene rings is 4. The molecule has 1 atom stereocenters. The Bertz CT molecular complexity index is 1410. The summed E-state index contributed by atoms with van der Waals surface area (Å²) >= 11 is 0. The summed E-state index contributed by atoms with van der Waals surface area (Å²) < 4.78 is 5.82. The Hall–Kier alpha value is -4.70. The molecule has 0 spiro atoms. The molecular weight excluding hydrogens is 470 g/mol. The van der Waals surface area contributed by atoms with Gasteiger partial charge in [0.15, 0.2) is 5.78 Å². The SMILES string of the molecule is CC(NC(=O)Cc1cccc(C(=O)C=Cc2cccc(OCC=Cc3ccccc3)c2)c1)c1ccccc1. The number of ether oxygens (including phenoxy) is 1. The molecule has 4 rings (SSSR count). The Balaban J connectivity index is 1.31. The summed E-state index contributed by atoms with van der Waals surface area (Å²) in [7, 11) is 0. The fraction of sp³-hybridized carbons (Fsp3) is 0.118. The zero-order valence-electron chi connectivity index (χ0n) is 21.4. The first kappa shape index (κ1) is 26.4. The molecule has 38 heavy (non-hydrogen) atoms. The number of hydrogen-bond donors (Lipinski definition) is 1. The second kappa shape index (κ2) is 13.6. The van der Waals surface area contributed by atoms with Gasteiger partial charge in [-0.15, -0.1) is 0 Å². The zero-order chi connectivity index (χ0) is 26.6. The lowest BCUT2D eigenvalue weighted by atomic mass is 10.0. The minimum absolute atomic E-state index is 0.0862. The first-order valence-corrected chi connectivity index (χ1v) is 12.7. The number of allylic oxidation sites excluding steroid dienone is 1. The van der Waals surface area contributed by atoms with Crippen LogP contribution in [0.1, 0.15) is 45.6 Å². The first-order valence-electron chi connectivity index (χ1n) is 12.7. The van der Waals surface area contributed by atoms with Crippen LogP contribution in [0.2, 0.25) is 0 Å². The summed E-state index contributed by atoms with van der Waals surface area (Å²) in [5.41, 5.74) is 4.38. The van der Waals surface area contributed by atoms with E-state index in [1.807, 2.05) is 116 Å². The summed E-state index contributed by atoms with van der Waals surface area (Å²) in [5, 5.41) is 3.02. The number of carbonyl (C=O) groups excluding carboxylic acids is 2. The number of nitrogens with one attached hydrogen (secondary N) is 1. The van der Waals surface area contributed by atoms with Gasteiger partial charge >= 0.3 is 0 Å². The molecule has 190 valence electrons. The van der Waals surface area contributed by atoms with Crippen LogP contribution in [-0.4, -0.2) is 18.3 Å². The molecule has 0 heterocycles. The van der Waals surface area contributed by atoms with E-state index < -0.39 is 0 Å². The Morgan fingerprint density at radius 3 is 2.29 bits per heavy atom. The molecule has 4 aromatic rings. The lowest BCUT2D eigenvalue weighted by molar-refractivity contribution is -0.121. The molecule has 0 radical (unpaired) electrons. The van der Waals surface area contributed by atoms with E-state index in [0.717, 1.165) is 28.0 Å². The lowest BCUT2D eigenvalue weighted by Crippen LogP contribution is -2.28. The highest BCUT2D eigenvalue weighted by molar-refractivity contribution is 6.07. The lowest BCUT2D eigenvalue weighted by Gasteiger charge is -2.14.